The van der Waals surface area contributed by atoms with E-state index in [2.05, 4.69) is 9.88 Å². The summed E-state index contributed by atoms with van der Waals surface area (Å²) in [7, 11) is 1.65. The number of esters is 1. The monoisotopic (exact) mass is 395 g/mol. The van der Waals surface area contributed by atoms with Crippen molar-refractivity contribution in [2.45, 2.75) is 33.7 Å². The number of hydrogen-bond donors (Lipinski definition) is 1. The van der Waals surface area contributed by atoms with Gasteiger partial charge in [-0.15, -0.1) is 0 Å². The molecule has 1 amide bonds. The van der Waals surface area contributed by atoms with E-state index in [1.165, 1.54) is 13.0 Å². The van der Waals surface area contributed by atoms with E-state index in [1.54, 1.807) is 31.4 Å². The third-order valence-electron chi connectivity index (χ3n) is 4.40. The van der Waals surface area contributed by atoms with Crippen molar-refractivity contribution in [2.75, 3.05) is 19.0 Å². The van der Waals surface area contributed by atoms with E-state index in [0.717, 1.165) is 17.0 Å². The number of carbonyl (C=O) groups is 2. The van der Waals surface area contributed by atoms with E-state index in [4.69, 9.17) is 9.47 Å². The molecule has 1 atom stereocenters. The summed E-state index contributed by atoms with van der Waals surface area (Å²) in [6.45, 7) is 7.91. The van der Waals surface area contributed by atoms with Gasteiger partial charge in [-0.3, -0.25) is 4.79 Å². The quantitative estimate of drug-likeness (QED) is 0.333. The minimum atomic E-state index is -0.741. The number of benzene rings is 1. The largest absolute Gasteiger partial charge is 0.422 e. The second-order valence-corrected chi connectivity index (χ2v) is 6.77. The summed E-state index contributed by atoms with van der Waals surface area (Å²) >= 11 is 0. The molecule has 7 nitrogen and oxygen atoms in total. The first kappa shape index (κ1) is 21.9. The van der Waals surface area contributed by atoms with Gasteiger partial charge >= 0.3 is 5.97 Å². The lowest BCUT2D eigenvalue weighted by molar-refractivity contribution is -0.129. The molecular weight excluding hydrogens is 370 g/mol. The Kier molecular flexibility index (Phi) is 7.34. The standard InChI is InChI=1S/C22H25N3O4/c1-14-10-18(16(3)25(14)15(2)13-28-5)11-19(12-23)22(27)29-21-8-6-20(7-9-21)24-17(4)26/h6-11,15H,13H2,1-5H3,(H,24,26)/b19-11+. The van der Waals surface area contributed by atoms with Gasteiger partial charge in [0, 0.05) is 31.1 Å². The molecule has 1 N–H and O–H groups in total. The second-order valence-electron chi connectivity index (χ2n) is 6.77. The van der Waals surface area contributed by atoms with Crippen LogP contribution in [0.25, 0.3) is 6.08 Å². The van der Waals surface area contributed by atoms with E-state index >= 15 is 0 Å². The van der Waals surface area contributed by atoms with Gasteiger partial charge in [-0.2, -0.15) is 5.26 Å². The molecule has 7 heteroatoms. The zero-order valence-corrected chi connectivity index (χ0v) is 17.3. The number of nitriles is 1. The Bertz CT molecular complexity index is 965. The summed E-state index contributed by atoms with van der Waals surface area (Å²) in [6.07, 6.45) is 1.53. The first-order chi connectivity index (χ1) is 13.8. The summed E-state index contributed by atoms with van der Waals surface area (Å²) in [4.78, 5) is 23.5. The number of amides is 1. The SMILES string of the molecule is COCC(C)n1c(C)cc(/C=C(\C#N)C(=O)Oc2ccc(NC(C)=O)cc2)c1C. The maximum atomic E-state index is 12.4. The molecule has 0 bridgehead atoms. The van der Waals surface area contributed by atoms with Gasteiger partial charge in [0.1, 0.15) is 17.4 Å². The highest BCUT2D eigenvalue weighted by Crippen LogP contribution is 2.23. The predicted molar refractivity (Wildman–Crippen MR) is 110 cm³/mol. The van der Waals surface area contributed by atoms with Crippen LogP contribution in [0, 0.1) is 25.2 Å². The summed E-state index contributed by atoms with van der Waals surface area (Å²) in [5, 5.41) is 12.1. The molecule has 1 heterocycles. The van der Waals surface area contributed by atoms with Gasteiger partial charge < -0.3 is 19.4 Å². The molecule has 1 unspecified atom stereocenters. The lowest BCUT2D eigenvalue weighted by Crippen LogP contribution is -2.14. The van der Waals surface area contributed by atoms with Crippen LogP contribution in [0.1, 0.15) is 36.8 Å². The van der Waals surface area contributed by atoms with Crippen molar-refractivity contribution in [3.8, 4) is 11.8 Å². The number of anilines is 1. The van der Waals surface area contributed by atoms with Gasteiger partial charge in [0.05, 0.1) is 12.6 Å². The van der Waals surface area contributed by atoms with E-state index in [-0.39, 0.29) is 23.3 Å². The maximum Gasteiger partial charge on any atom is 0.354 e. The van der Waals surface area contributed by atoms with Crippen molar-refractivity contribution >= 4 is 23.6 Å². The Labute approximate surface area is 170 Å². The number of nitrogens with one attached hydrogen (secondary N) is 1. The number of methoxy groups -OCH3 is 1. The van der Waals surface area contributed by atoms with Crippen LogP contribution in [0.2, 0.25) is 0 Å². The van der Waals surface area contributed by atoms with Crippen molar-refractivity contribution in [3.05, 3.63) is 52.9 Å². The lowest BCUT2D eigenvalue weighted by atomic mass is 10.1. The fourth-order valence-corrected chi connectivity index (χ4v) is 3.21. The van der Waals surface area contributed by atoms with Gasteiger partial charge in [-0.25, -0.2) is 4.79 Å². The molecule has 0 fully saturated rings. The molecule has 0 aliphatic carbocycles. The molecule has 2 rings (SSSR count). The molecule has 0 saturated carbocycles. The third-order valence-corrected chi connectivity index (χ3v) is 4.40. The molecule has 0 spiro atoms. The number of aryl methyl sites for hydroxylation is 1. The third kappa shape index (κ3) is 5.56. The second kappa shape index (κ2) is 9.71. The Hall–Kier alpha value is -3.37. The van der Waals surface area contributed by atoms with Crippen LogP contribution in [-0.2, 0) is 14.3 Å². The van der Waals surface area contributed by atoms with Crippen LogP contribution in [0.3, 0.4) is 0 Å². The maximum absolute atomic E-state index is 12.4. The number of rotatable bonds is 7. The summed E-state index contributed by atoms with van der Waals surface area (Å²) in [5.41, 5.74) is 3.21. The zero-order valence-electron chi connectivity index (χ0n) is 17.3. The van der Waals surface area contributed by atoms with Gasteiger partial charge in [0.2, 0.25) is 5.91 Å². The Morgan fingerprint density at radius 1 is 1.28 bits per heavy atom. The Morgan fingerprint density at radius 2 is 1.93 bits per heavy atom. The molecule has 0 aliphatic heterocycles. The van der Waals surface area contributed by atoms with Crippen molar-refractivity contribution in [1.82, 2.24) is 4.57 Å². The smallest absolute Gasteiger partial charge is 0.354 e. The number of carbonyl (C=O) groups excluding carboxylic acids is 2. The number of aromatic nitrogens is 1. The van der Waals surface area contributed by atoms with Crippen LogP contribution in [0.4, 0.5) is 5.69 Å². The Balaban J connectivity index is 2.21. The molecule has 0 saturated heterocycles. The fraction of sp³-hybridized carbons (Fsp3) is 0.318. The van der Waals surface area contributed by atoms with E-state index in [0.29, 0.717) is 12.3 Å². The van der Waals surface area contributed by atoms with Gasteiger partial charge in [-0.1, -0.05) is 0 Å². The number of nitrogens with zero attached hydrogens (tertiary/aromatic N) is 2. The number of ether oxygens (including phenoxy) is 2. The average molecular weight is 395 g/mol. The highest BCUT2D eigenvalue weighted by molar-refractivity contribution is 5.99. The van der Waals surface area contributed by atoms with Crippen LogP contribution >= 0.6 is 0 Å². The molecule has 152 valence electrons. The molecular formula is C22H25N3O4. The van der Waals surface area contributed by atoms with Crippen LogP contribution in [-0.4, -0.2) is 30.2 Å². The topological polar surface area (TPSA) is 93.3 Å². The first-order valence-electron chi connectivity index (χ1n) is 9.15. The zero-order chi connectivity index (χ0) is 21.6. The summed E-state index contributed by atoms with van der Waals surface area (Å²) in [6, 6.07) is 10.3. The highest BCUT2D eigenvalue weighted by Gasteiger charge is 2.17. The van der Waals surface area contributed by atoms with Crippen molar-refractivity contribution in [1.29, 1.82) is 5.26 Å². The normalized spacial score (nSPS) is 12.2. The van der Waals surface area contributed by atoms with Gasteiger partial charge in [0.15, 0.2) is 0 Å². The summed E-state index contributed by atoms with van der Waals surface area (Å²) in [5.74, 6) is -0.652. The van der Waals surface area contributed by atoms with Crippen LogP contribution in [0.15, 0.2) is 35.9 Å². The van der Waals surface area contributed by atoms with E-state index < -0.39 is 5.97 Å². The van der Waals surface area contributed by atoms with E-state index in [1.807, 2.05) is 32.9 Å². The van der Waals surface area contributed by atoms with Crippen LogP contribution < -0.4 is 10.1 Å². The van der Waals surface area contributed by atoms with E-state index in [9.17, 15) is 14.9 Å². The minimum absolute atomic E-state index is 0.101. The van der Waals surface area contributed by atoms with Crippen LogP contribution in [0.5, 0.6) is 5.75 Å². The van der Waals surface area contributed by atoms with Crippen molar-refractivity contribution < 1.29 is 19.1 Å². The molecule has 1 aromatic carbocycles. The van der Waals surface area contributed by atoms with Gasteiger partial charge in [-0.05, 0) is 62.7 Å². The van der Waals surface area contributed by atoms with Gasteiger partial charge in [0.25, 0.3) is 0 Å². The molecule has 29 heavy (non-hydrogen) atoms. The molecule has 0 aliphatic rings. The Morgan fingerprint density at radius 3 is 2.48 bits per heavy atom. The van der Waals surface area contributed by atoms with Crippen molar-refractivity contribution in [3.63, 3.8) is 0 Å². The predicted octanol–water partition coefficient (Wildman–Crippen LogP) is 3.78. The molecule has 1 aromatic heterocycles. The number of hydrogen-bond acceptors (Lipinski definition) is 5. The first-order valence-corrected chi connectivity index (χ1v) is 9.15. The molecule has 2 aromatic rings. The molecule has 0 radical (unpaired) electrons. The minimum Gasteiger partial charge on any atom is -0.422 e. The lowest BCUT2D eigenvalue weighted by Gasteiger charge is -2.17. The summed E-state index contributed by atoms with van der Waals surface area (Å²) < 4.78 is 12.6. The van der Waals surface area contributed by atoms with Crippen molar-refractivity contribution in [2.24, 2.45) is 0 Å². The highest BCUT2D eigenvalue weighted by atomic mass is 16.5. The fourth-order valence-electron chi connectivity index (χ4n) is 3.21. The average Bonchev–Trinajstić information content (AvgIpc) is 2.94.